The molecule has 1 fully saturated rings. The van der Waals surface area contributed by atoms with Gasteiger partial charge in [0.2, 0.25) is 0 Å². The summed E-state index contributed by atoms with van der Waals surface area (Å²) in [7, 11) is 3.10. The van der Waals surface area contributed by atoms with E-state index in [2.05, 4.69) is 5.10 Å². The van der Waals surface area contributed by atoms with Gasteiger partial charge in [0.05, 0.1) is 18.9 Å². The second-order valence-electron chi connectivity index (χ2n) is 6.19. The first-order valence-corrected chi connectivity index (χ1v) is 8.22. The minimum atomic E-state index is -1.04. The number of ether oxygens (including phenoxy) is 2. The number of carboxylic acid groups (broad SMARTS) is 1. The first-order valence-electron chi connectivity index (χ1n) is 8.22. The van der Waals surface area contributed by atoms with Crippen molar-refractivity contribution >= 4 is 11.9 Å². The molecule has 8 heteroatoms. The first-order chi connectivity index (χ1) is 12.4. The number of aryl methyl sites for hydroxylation is 1. The Balaban J connectivity index is 1.87. The van der Waals surface area contributed by atoms with Gasteiger partial charge in [-0.15, -0.1) is 0 Å². The van der Waals surface area contributed by atoms with E-state index in [0.717, 1.165) is 17.1 Å². The molecule has 1 aromatic carbocycles. The molecular formula is C18H21N3O5. The van der Waals surface area contributed by atoms with Crippen molar-refractivity contribution in [2.24, 2.45) is 0 Å². The van der Waals surface area contributed by atoms with E-state index in [4.69, 9.17) is 9.47 Å². The lowest BCUT2D eigenvalue weighted by atomic mass is 10.2. The summed E-state index contributed by atoms with van der Waals surface area (Å²) in [4.78, 5) is 25.6. The number of aromatic nitrogens is 2. The number of amides is 1. The fourth-order valence-electron chi connectivity index (χ4n) is 3.14. The Hall–Kier alpha value is -2.87. The molecule has 1 aliphatic heterocycles. The molecule has 2 unspecified atom stereocenters. The second kappa shape index (κ2) is 7.17. The first kappa shape index (κ1) is 17.9. The van der Waals surface area contributed by atoms with Crippen LogP contribution in [0.2, 0.25) is 0 Å². The molecule has 2 aromatic rings. The number of aliphatic carboxylic acids is 1. The summed E-state index contributed by atoms with van der Waals surface area (Å²) in [6, 6.07) is 8.04. The zero-order chi connectivity index (χ0) is 18.8. The third-order valence-corrected chi connectivity index (χ3v) is 4.57. The quantitative estimate of drug-likeness (QED) is 0.870. The number of rotatable bonds is 5. The molecule has 8 nitrogen and oxygen atoms in total. The number of benzene rings is 1. The lowest BCUT2D eigenvalue weighted by Gasteiger charge is -2.19. The number of nitrogens with zero attached hydrogens (tertiary/aromatic N) is 3. The molecule has 2 heterocycles. The van der Waals surface area contributed by atoms with Crippen LogP contribution in [0.4, 0.5) is 0 Å². The molecule has 1 amide bonds. The summed E-state index contributed by atoms with van der Waals surface area (Å²) in [5.74, 6) is -0.724. The normalized spacial score (nSPS) is 19.6. The lowest BCUT2D eigenvalue weighted by Crippen LogP contribution is -2.40. The fourth-order valence-corrected chi connectivity index (χ4v) is 3.14. The van der Waals surface area contributed by atoms with Gasteiger partial charge in [-0.1, -0.05) is 0 Å². The second-order valence-corrected chi connectivity index (χ2v) is 6.19. The summed E-state index contributed by atoms with van der Waals surface area (Å²) in [5, 5.41) is 13.8. The van der Waals surface area contributed by atoms with E-state index in [-0.39, 0.29) is 24.8 Å². The Morgan fingerprint density at radius 3 is 2.50 bits per heavy atom. The summed E-state index contributed by atoms with van der Waals surface area (Å²) < 4.78 is 12.0. The topological polar surface area (TPSA) is 93.9 Å². The van der Waals surface area contributed by atoms with Gasteiger partial charge in [0.15, 0.2) is 5.69 Å². The molecule has 3 rings (SSSR count). The van der Waals surface area contributed by atoms with Crippen molar-refractivity contribution in [3.63, 3.8) is 0 Å². The Labute approximate surface area is 150 Å². The van der Waals surface area contributed by atoms with Crippen LogP contribution in [0, 0.1) is 6.92 Å². The van der Waals surface area contributed by atoms with E-state index in [1.807, 2.05) is 31.2 Å². The highest BCUT2D eigenvalue weighted by molar-refractivity contribution is 5.95. The molecule has 1 saturated heterocycles. The Morgan fingerprint density at radius 1 is 1.23 bits per heavy atom. The number of carboxylic acids is 1. The molecule has 138 valence electrons. The Kier molecular flexibility index (Phi) is 4.94. The molecule has 26 heavy (non-hydrogen) atoms. The highest BCUT2D eigenvalue weighted by Crippen LogP contribution is 2.23. The van der Waals surface area contributed by atoms with Crippen LogP contribution in [0.25, 0.3) is 5.69 Å². The maximum Gasteiger partial charge on any atom is 0.326 e. The van der Waals surface area contributed by atoms with Crippen LogP contribution < -0.4 is 4.74 Å². The van der Waals surface area contributed by atoms with Crippen molar-refractivity contribution in [2.45, 2.75) is 25.5 Å². The molecule has 1 aromatic heterocycles. The van der Waals surface area contributed by atoms with E-state index in [1.165, 1.54) is 12.0 Å². The number of hydrogen-bond acceptors (Lipinski definition) is 5. The number of likely N-dealkylation sites (tertiary alicyclic amines) is 1. The number of carbonyl (C=O) groups is 2. The van der Waals surface area contributed by atoms with Gasteiger partial charge in [-0.3, -0.25) is 4.79 Å². The van der Waals surface area contributed by atoms with Crippen molar-refractivity contribution in [1.29, 1.82) is 0 Å². The molecule has 2 atom stereocenters. The zero-order valence-corrected chi connectivity index (χ0v) is 14.9. The SMILES string of the molecule is COc1ccc(-n2nc(C(=O)N3CC(OC)CC3C(=O)O)cc2C)cc1. The summed E-state index contributed by atoms with van der Waals surface area (Å²) >= 11 is 0. The average Bonchev–Trinajstić information content (AvgIpc) is 3.25. The highest BCUT2D eigenvalue weighted by Gasteiger charge is 2.40. The van der Waals surface area contributed by atoms with Gasteiger partial charge in [-0.25, -0.2) is 9.48 Å². The maximum atomic E-state index is 12.8. The van der Waals surface area contributed by atoms with Crippen LogP contribution in [0.5, 0.6) is 5.75 Å². The van der Waals surface area contributed by atoms with Crippen LogP contribution in [0.1, 0.15) is 22.6 Å². The Bertz CT molecular complexity index is 815. The molecule has 0 saturated carbocycles. The van der Waals surface area contributed by atoms with Gasteiger partial charge in [-0.05, 0) is 37.3 Å². The number of hydrogen-bond donors (Lipinski definition) is 1. The van der Waals surface area contributed by atoms with Crippen LogP contribution in [0.15, 0.2) is 30.3 Å². The van der Waals surface area contributed by atoms with Gasteiger partial charge in [-0.2, -0.15) is 5.10 Å². The number of carbonyl (C=O) groups excluding carboxylic acids is 1. The average molecular weight is 359 g/mol. The third kappa shape index (κ3) is 3.28. The van der Waals surface area contributed by atoms with Gasteiger partial charge in [0, 0.05) is 25.8 Å². The zero-order valence-electron chi connectivity index (χ0n) is 14.9. The molecule has 0 bridgehead atoms. The van der Waals surface area contributed by atoms with Crippen LogP contribution in [0.3, 0.4) is 0 Å². The summed E-state index contributed by atoms with van der Waals surface area (Å²) in [5.41, 5.74) is 1.77. The van der Waals surface area contributed by atoms with E-state index in [0.29, 0.717) is 0 Å². The molecule has 0 aliphatic carbocycles. The molecule has 0 spiro atoms. The van der Waals surface area contributed by atoms with Crippen molar-refractivity contribution in [1.82, 2.24) is 14.7 Å². The van der Waals surface area contributed by atoms with Gasteiger partial charge >= 0.3 is 5.97 Å². The van der Waals surface area contributed by atoms with Gasteiger partial charge in [0.1, 0.15) is 11.8 Å². The van der Waals surface area contributed by atoms with Crippen molar-refractivity contribution < 1.29 is 24.2 Å². The fraction of sp³-hybridized carbons (Fsp3) is 0.389. The van der Waals surface area contributed by atoms with Crippen LogP contribution in [-0.4, -0.2) is 64.6 Å². The molecular weight excluding hydrogens is 338 g/mol. The summed E-state index contributed by atoms with van der Waals surface area (Å²) in [6.45, 7) is 2.07. The standard InChI is InChI=1S/C18H21N3O5/c1-11-8-15(19-21(11)12-4-6-13(25-2)7-5-12)17(22)20-10-14(26-3)9-16(20)18(23)24/h4-8,14,16H,9-10H2,1-3H3,(H,23,24). The summed E-state index contributed by atoms with van der Waals surface area (Å²) in [6.07, 6.45) is -0.0136. The maximum absolute atomic E-state index is 12.8. The van der Waals surface area contributed by atoms with E-state index in [1.54, 1.807) is 17.9 Å². The molecule has 1 aliphatic rings. The minimum Gasteiger partial charge on any atom is -0.497 e. The minimum absolute atomic E-state index is 0.210. The number of methoxy groups -OCH3 is 2. The van der Waals surface area contributed by atoms with E-state index < -0.39 is 17.9 Å². The largest absolute Gasteiger partial charge is 0.497 e. The highest BCUT2D eigenvalue weighted by atomic mass is 16.5. The van der Waals surface area contributed by atoms with Crippen LogP contribution >= 0.6 is 0 Å². The van der Waals surface area contributed by atoms with Crippen LogP contribution in [-0.2, 0) is 9.53 Å². The van der Waals surface area contributed by atoms with Crippen molar-refractivity contribution in [2.75, 3.05) is 20.8 Å². The van der Waals surface area contributed by atoms with E-state index in [9.17, 15) is 14.7 Å². The van der Waals surface area contributed by atoms with Crippen molar-refractivity contribution in [3.05, 3.63) is 41.7 Å². The Morgan fingerprint density at radius 2 is 1.92 bits per heavy atom. The van der Waals surface area contributed by atoms with E-state index >= 15 is 0 Å². The monoisotopic (exact) mass is 359 g/mol. The third-order valence-electron chi connectivity index (χ3n) is 4.57. The van der Waals surface area contributed by atoms with Crippen molar-refractivity contribution in [3.8, 4) is 11.4 Å². The predicted molar refractivity (Wildman–Crippen MR) is 92.7 cm³/mol. The lowest BCUT2D eigenvalue weighted by molar-refractivity contribution is -0.141. The smallest absolute Gasteiger partial charge is 0.326 e. The predicted octanol–water partition coefficient (Wildman–Crippen LogP) is 1.50. The molecule has 0 radical (unpaired) electrons. The molecule has 1 N–H and O–H groups in total. The van der Waals surface area contributed by atoms with Gasteiger partial charge < -0.3 is 19.5 Å². The van der Waals surface area contributed by atoms with Gasteiger partial charge in [0.25, 0.3) is 5.91 Å².